The molecule has 1 amide bonds. The van der Waals surface area contributed by atoms with Crippen LogP contribution < -0.4 is 9.47 Å². The van der Waals surface area contributed by atoms with Crippen molar-refractivity contribution in [1.29, 1.82) is 0 Å². The highest BCUT2D eigenvalue weighted by Gasteiger charge is 2.36. The third-order valence-corrected chi connectivity index (χ3v) is 6.48. The van der Waals surface area contributed by atoms with E-state index in [0.29, 0.717) is 44.8 Å². The predicted molar refractivity (Wildman–Crippen MR) is 134 cm³/mol. The van der Waals surface area contributed by atoms with Gasteiger partial charge >= 0.3 is 0 Å². The highest BCUT2D eigenvalue weighted by atomic mass is 32.1. The number of hydrogen-bond acceptors (Lipinski definition) is 6. The molecule has 3 aromatic rings. The third kappa shape index (κ3) is 4.32. The first kappa shape index (κ1) is 17.6. The van der Waals surface area contributed by atoms with Gasteiger partial charge in [0.15, 0.2) is 5.69 Å². The van der Waals surface area contributed by atoms with E-state index in [1.807, 2.05) is 29.0 Å². The number of benzene rings is 1. The average Bonchev–Trinajstić information content (AvgIpc) is 3.48. The van der Waals surface area contributed by atoms with Crippen molar-refractivity contribution in [3.63, 3.8) is 0 Å². The Labute approximate surface area is 213 Å². The quantitative estimate of drug-likeness (QED) is 0.435. The number of fused-ring (bicyclic) bond motifs is 3. The Morgan fingerprint density at radius 1 is 1.41 bits per heavy atom. The molecule has 0 saturated heterocycles. The van der Waals surface area contributed by atoms with E-state index in [-0.39, 0.29) is 12.3 Å². The molecule has 0 N–H and O–H groups in total. The molecular formula is C26H33N3O4S. The second-order valence-corrected chi connectivity index (χ2v) is 10.1. The van der Waals surface area contributed by atoms with Crippen molar-refractivity contribution in [2.45, 2.75) is 46.3 Å². The van der Waals surface area contributed by atoms with Gasteiger partial charge in [0.25, 0.3) is 5.91 Å². The summed E-state index contributed by atoms with van der Waals surface area (Å²) in [4.78, 5) is 14.7. The van der Waals surface area contributed by atoms with E-state index >= 15 is 0 Å². The zero-order chi connectivity index (χ0) is 29.6. The van der Waals surface area contributed by atoms with Crippen LogP contribution >= 0.6 is 11.3 Å². The minimum absolute atomic E-state index is 0.0265. The summed E-state index contributed by atoms with van der Waals surface area (Å²) >= 11 is 1.46. The van der Waals surface area contributed by atoms with Gasteiger partial charge in [-0.3, -0.25) is 4.79 Å². The lowest BCUT2D eigenvalue weighted by Gasteiger charge is -2.34. The number of ether oxygens (including phenoxy) is 3. The van der Waals surface area contributed by atoms with Gasteiger partial charge < -0.3 is 19.1 Å². The molecule has 1 aliphatic heterocycles. The van der Waals surface area contributed by atoms with Crippen LogP contribution in [0.25, 0.3) is 16.9 Å². The minimum atomic E-state index is -2.91. The average molecular weight is 490 g/mol. The zero-order valence-electron chi connectivity index (χ0n) is 26.0. The maximum Gasteiger partial charge on any atom is 0.275 e. The van der Waals surface area contributed by atoms with Crippen LogP contribution in [-0.4, -0.2) is 53.9 Å². The second kappa shape index (κ2) is 9.43. The molecule has 0 atom stereocenters. The van der Waals surface area contributed by atoms with Crippen LogP contribution in [0.1, 0.15) is 57.5 Å². The zero-order valence-corrected chi connectivity index (χ0v) is 20.8. The predicted octanol–water partition coefficient (Wildman–Crippen LogP) is 5.20. The Kier molecular flexibility index (Phi) is 4.87. The van der Waals surface area contributed by atoms with Gasteiger partial charge in [-0.05, 0) is 49.3 Å². The molecule has 8 heteroatoms. The van der Waals surface area contributed by atoms with E-state index in [0.717, 1.165) is 12.0 Å². The summed E-state index contributed by atoms with van der Waals surface area (Å²) in [5.74, 6) is 0.721. The highest BCUT2D eigenvalue weighted by Crippen LogP contribution is 2.44. The van der Waals surface area contributed by atoms with Crippen LogP contribution in [0.15, 0.2) is 29.0 Å². The number of amides is 1. The second-order valence-electron chi connectivity index (χ2n) is 9.36. The van der Waals surface area contributed by atoms with Crippen molar-refractivity contribution in [2.75, 3.05) is 27.7 Å². The monoisotopic (exact) mass is 489 g/mol. The number of hydrogen-bond donors (Lipinski definition) is 0. The molecule has 182 valence electrons. The van der Waals surface area contributed by atoms with Gasteiger partial charge in [-0.25, -0.2) is 4.68 Å². The van der Waals surface area contributed by atoms with Gasteiger partial charge in [0.05, 0.1) is 34.7 Å². The SMILES string of the molecule is [2H]C([2H])([2H])OCC(C)(C)N(C(=O)c1nn(-c2ccsc2)c2c1COc1cc(OC)c(CC(C)C)cc1-2)C([2H])([2H])[2H]. The molecule has 0 radical (unpaired) electrons. The van der Waals surface area contributed by atoms with Crippen LogP contribution in [0, 0.1) is 5.92 Å². The smallest absolute Gasteiger partial charge is 0.275 e. The standard InChI is InChI=1S/C26H33N3O4S/c1-16(2)10-17-11-19-22(12-21(17)32-7)33-13-20-23(25(30)28(5)26(3,4)15-31-6)27-29(24(19)20)18-8-9-34-14-18/h8-9,11-12,14,16H,10,13,15H2,1-7H3/i5D3,6D3. The summed E-state index contributed by atoms with van der Waals surface area (Å²) in [5.41, 5.74) is 1.84. The molecule has 4 rings (SSSR count). The number of carbonyl (C=O) groups excluding carboxylic acids is 1. The number of carbonyl (C=O) groups is 1. The first-order valence-corrected chi connectivity index (χ1v) is 11.9. The highest BCUT2D eigenvalue weighted by molar-refractivity contribution is 7.08. The molecular weight excluding hydrogens is 450 g/mol. The van der Waals surface area contributed by atoms with E-state index < -0.39 is 32.1 Å². The molecule has 7 nitrogen and oxygen atoms in total. The van der Waals surface area contributed by atoms with Crippen LogP contribution in [0.2, 0.25) is 0 Å². The Morgan fingerprint density at radius 3 is 2.88 bits per heavy atom. The van der Waals surface area contributed by atoms with E-state index in [2.05, 4.69) is 18.9 Å². The molecule has 34 heavy (non-hydrogen) atoms. The molecule has 2 aromatic heterocycles. The Bertz CT molecular complexity index is 1380. The first-order valence-electron chi connectivity index (χ1n) is 14.0. The van der Waals surface area contributed by atoms with Crippen LogP contribution in [0.5, 0.6) is 11.5 Å². The molecule has 1 aliphatic rings. The molecule has 1 aromatic carbocycles. The largest absolute Gasteiger partial charge is 0.496 e. The topological polar surface area (TPSA) is 65.8 Å². The Hall–Kier alpha value is -2.84. The third-order valence-electron chi connectivity index (χ3n) is 5.81. The molecule has 0 fully saturated rings. The van der Waals surface area contributed by atoms with Gasteiger partial charge in [-0.1, -0.05) is 13.8 Å². The molecule has 0 spiro atoms. The van der Waals surface area contributed by atoms with Gasteiger partial charge in [-0.15, -0.1) is 0 Å². The lowest BCUT2D eigenvalue weighted by Crippen LogP contribution is -2.48. The van der Waals surface area contributed by atoms with E-state index in [1.54, 1.807) is 11.8 Å². The molecule has 0 saturated carbocycles. The molecule has 0 aliphatic carbocycles. The van der Waals surface area contributed by atoms with Crippen molar-refractivity contribution >= 4 is 17.2 Å². The number of likely N-dealkylation sites (N-methyl/N-ethyl adjacent to an activating group) is 1. The number of methoxy groups -OCH3 is 2. The van der Waals surface area contributed by atoms with Gasteiger partial charge in [0.1, 0.15) is 18.1 Å². The molecule has 0 unspecified atom stereocenters. The van der Waals surface area contributed by atoms with Crippen molar-refractivity contribution in [3.05, 3.63) is 45.8 Å². The van der Waals surface area contributed by atoms with Crippen LogP contribution in [0.3, 0.4) is 0 Å². The fraction of sp³-hybridized carbons (Fsp3) is 0.462. The fourth-order valence-corrected chi connectivity index (χ4v) is 4.69. The lowest BCUT2D eigenvalue weighted by atomic mass is 9.95. The van der Waals surface area contributed by atoms with E-state index in [4.69, 9.17) is 22.4 Å². The van der Waals surface area contributed by atoms with Crippen LogP contribution in [0.4, 0.5) is 0 Å². The first-order chi connectivity index (χ1) is 18.5. The summed E-state index contributed by atoms with van der Waals surface area (Å²) in [7, 11) is -1.15. The fourth-order valence-electron chi connectivity index (χ4n) is 4.07. The maximum absolute atomic E-state index is 14.1. The van der Waals surface area contributed by atoms with E-state index in [1.165, 1.54) is 25.2 Å². The lowest BCUT2D eigenvalue weighted by molar-refractivity contribution is 0.0359. The van der Waals surface area contributed by atoms with Gasteiger partial charge in [-0.2, -0.15) is 16.4 Å². The maximum atomic E-state index is 14.1. The van der Waals surface area contributed by atoms with Crippen molar-refractivity contribution in [3.8, 4) is 28.4 Å². The van der Waals surface area contributed by atoms with Crippen molar-refractivity contribution in [1.82, 2.24) is 14.7 Å². The summed E-state index contributed by atoms with van der Waals surface area (Å²) in [5, 5.41) is 8.40. The number of rotatable bonds is 8. The summed E-state index contributed by atoms with van der Waals surface area (Å²) < 4.78 is 64.9. The Morgan fingerprint density at radius 2 is 2.24 bits per heavy atom. The molecule has 3 heterocycles. The van der Waals surface area contributed by atoms with E-state index in [9.17, 15) is 4.79 Å². The van der Waals surface area contributed by atoms with Gasteiger partial charge in [0.2, 0.25) is 0 Å². The van der Waals surface area contributed by atoms with Crippen molar-refractivity contribution in [2.24, 2.45) is 5.92 Å². The number of nitrogens with zero attached hydrogens (tertiary/aromatic N) is 3. The summed E-state index contributed by atoms with van der Waals surface area (Å²) in [6.07, 6.45) is 0.745. The Balaban J connectivity index is 1.90. The molecule has 0 bridgehead atoms. The van der Waals surface area contributed by atoms with Gasteiger partial charge in [0, 0.05) is 40.7 Å². The normalized spacial score (nSPS) is 16.2. The van der Waals surface area contributed by atoms with Crippen molar-refractivity contribution < 1.29 is 27.2 Å². The summed E-state index contributed by atoms with van der Waals surface area (Å²) in [6, 6.07) is 5.66. The minimum Gasteiger partial charge on any atom is -0.496 e. The summed E-state index contributed by atoms with van der Waals surface area (Å²) in [6.45, 7) is 3.63. The number of thiophene rings is 1. The number of aromatic nitrogens is 2. The van der Waals surface area contributed by atoms with Crippen LogP contribution in [-0.2, 0) is 17.8 Å².